The molecule has 0 saturated carbocycles. The highest BCUT2D eigenvalue weighted by Crippen LogP contribution is 2.28. The first-order chi connectivity index (χ1) is 11.0. The number of methoxy groups -OCH3 is 2. The molecular formula is C16H19N3O3S. The van der Waals surface area contributed by atoms with Crippen molar-refractivity contribution in [1.82, 2.24) is 10.2 Å². The third-order valence-electron chi connectivity index (χ3n) is 3.00. The van der Waals surface area contributed by atoms with Gasteiger partial charge in [-0.25, -0.2) is 0 Å². The Hall–Kier alpha value is -2.41. The van der Waals surface area contributed by atoms with Crippen molar-refractivity contribution in [2.75, 3.05) is 19.5 Å². The molecule has 2 aromatic rings. The van der Waals surface area contributed by atoms with Gasteiger partial charge in [-0.15, -0.1) is 10.2 Å². The lowest BCUT2D eigenvalue weighted by molar-refractivity contribution is -0.111. The number of nitrogens with one attached hydrogen (secondary N) is 1. The number of hydrogen-bond donors (Lipinski definition) is 1. The number of amides is 1. The van der Waals surface area contributed by atoms with E-state index in [1.54, 1.807) is 32.4 Å². The summed E-state index contributed by atoms with van der Waals surface area (Å²) in [6.45, 7) is 4.06. The van der Waals surface area contributed by atoms with Crippen LogP contribution in [0.4, 0.5) is 5.13 Å². The average Bonchev–Trinajstić information content (AvgIpc) is 3.01. The number of rotatable bonds is 6. The van der Waals surface area contributed by atoms with E-state index in [0.717, 1.165) is 10.6 Å². The Kier molecular flexibility index (Phi) is 5.70. The van der Waals surface area contributed by atoms with E-state index in [4.69, 9.17) is 9.47 Å². The predicted octanol–water partition coefficient (Wildman–Crippen LogP) is 3.33. The Balaban J connectivity index is 2.02. The Labute approximate surface area is 139 Å². The normalized spacial score (nSPS) is 11.0. The monoisotopic (exact) mass is 333 g/mol. The summed E-state index contributed by atoms with van der Waals surface area (Å²) in [6.07, 6.45) is 3.14. The molecule has 0 bridgehead atoms. The van der Waals surface area contributed by atoms with Gasteiger partial charge in [0, 0.05) is 12.0 Å². The second-order valence-electron chi connectivity index (χ2n) is 5.04. The fourth-order valence-electron chi connectivity index (χ4n) is 1.79. The molecule has 0 atom stereocenters. The summed E-state index contributed by atoms with van der Waals surface area (Å²) in [6, 6.07) is 5.42. The van der Waals surface area contributed by atoms with E-state index in [0.29, 0.717) is 22.5 Å². The van der Waals surface area contributed by atoms with E-state index in [1.807, 2.05) is 19.9 Å². The van der Waals surface area contributed by atoms with Gasteiger partial charge in [0.15, 0.2) is 11.5 Å². The van der Waals surface area contributed by atoms with Crippen LogP contribution in [0.5, 0.6) is 11.5 Å². The van der Waals surface area contributed by atoms with Gasteiger partial charge >= 0.3 is 0 Å². The molecule has 0 aliphatic carbocycles. The quantitative estimate of drug-likeness (QED) is 0.821. The third-order valence-corrected chi connectivity index (χ3v) is 4.14. The number of aromatic nitrogens is 2. The van der Waals surface area contributed by atoms with E-state index in [1.165, 1.54) is 17.4 Å². The smallest absolute Gasteiger partial charge is 0.250 e. The Morgan fingerprint density at radius 3 is 2.57 bits per heavy atom. The Bertz CT molecular complexity index is 710. The number of nitrogens with zero attached hydrogens (tertiary/aromatic N) is 2. The molecule has 23 heavy (non-hydrogen) atoms. The van der Waals surface area contributed by atoms with Gasteiger partial charge in [-0.1, -0.05) is 31.3 Å². The molecule has 6 nitrogen and oxygen atoms in total. The maximum Gasteiger partial charge on any atom is 0.250 e. The summed E-state index contributed by atoms with van der Waals surface area (Å²) in [5.74, 6) is 1.29. The summed E-state index contributed by atoms with van der Waals surface area (Å²) >= 11 is 1.38. The molecule has 1 aromatic carbocycles. The molecular weight excluding hydrogens is 314 g/mol. The molecule has 0 spiro atoms. The van der Waals surface area contributed by atoms with Crippen molar-refractivity contribution in [2.45, 2.75) is 19.8 Å². The van der Waals surface area contributed by atoms with Crippen LogP contribution in [0.25, 0.3) is 6.08 Å². The van der Waals surface area contributed by atoms with Gasteiger partial charge < -0.3 is 9.47 Å². The fraction of sp³-hybridized carbons (Fsp3) is 0.312. The predicted molar refractivity (Wildman–Crippen MR) is 91.2 cm³/mol. The van der Waals surface area contributed by atoms with Crippen LogP contribution in [-0.2, 0) is 4.79 Å². The minimum atomic E-state index is -0.258. The van der Waals surface area contributed by atoms with Crippen molar-refractivity contribution in [3.63, 3.8) is 0 Å². The topological polar surface area (TPSA) is 73.3 Å². The fourth-order valence-corrected chi connectivity index (χ4v) is 2.54. The van der Waals surface area contributed by atoms with Crippen molar-refractivity contribution < 1.29 is 14.3 Å². The van der Waals surface area contributed by atoms with Gasteiger partial charge in [-0.2, -0.15) is 0 Å². The van der Waals surface area contributed by atoms with Crippen LogP contribution in [0.2, 0.25) is 0 Å². The summed E-state index contributed by atoms with van der Waals surface area (Å²) < 4.78 is 10.4. The molecule has 0 saturated heterocycles. The second-order valence-corrected chi connectivity index (χ2v) is 6.05. The first kappa shape index (κ1) is 17.0. The minimum absolute atomic E-state index is 0.258. The van der Waals surface area contributed by atoms with Gasteiger partial charge in [0.2, 0.25) is 11.0 Å². The second kappa shape index (κ2) is 7.73. The lowest BCUT2D eigenvalue weighted by Gasteiger charge is -2.07. The minimum Gasteiger partial charge on any atom is -0.493 e. The molecule has 0 fully saturated rings. The molecule has 0 unspecified atom stereocenters. The van der Waals surface area contributed by atoms with Crippen LogP contribution in [-0.4, -0.2) is 30.3 Å². The van der Waals surface area contributed by atoms with Crippen LogP contribution in [0, 0.1) is 0 Å². The van der Waals surface area contributed by atoms with Crippen molar-refractivity contribution in [3.05, 3.63) is 34.8 Å². The van der Waals surface area contributed by atoms with E-state index >= 15 is 0 Å². The van der Waals surface area contributed by atoms with Gasteiger partial charge in [0.05, 0.1) is 14.2 Å². The van der Waals surface area contributed by atoms with E-state index in [9.17, 15) is 4.79 Å². The maximum atomic E-state index is 11.9. The lowest BCUT2D eigenvalue weighted by Crippen LogP contribution is -2.07. The largest absolute Gasteiger partial charge is 0.493 e. The highest BCUT2D eigenvalue weighted by Gasteiger charge is 2.09. The molecule has 7 heteroatoms. The average molecular weight is 333 g/mol. The summed E-state index contributed by atoms with van der Waals surface area (Å²) in [5.41, 5.74) is 0.831. The Morgan fingerprint density at radius 1 is 1.22 bits per heavy atom. The molecule has 1 N–H and O–H groups in total. The summed E-state index contributed by atoms with van der Waals surface area (Å²) in [4.78, 5) is 11.9. The molecule has 1 heterocycles. The zero-order valence-electron chi connectivity index (χ0n) is 13.5. The van der Waals surface area contributed by atoms with E-state index in [-0.39, 0.29) is 5.91 Å². The number of anilines is 1. The maximum absolute atomic E-state index is 11.9. The van der Waals surface area contributed by atoms with Crippen LogP contribution in [0.3, 0.4) is 0 Å². The van der Waals surface area contributed by atoms with Crippen LogP contribution < -0.4 is 14.8 Å². The number of carbonyl (C=O) groups is 1. The molecule has 1 aromatic heterocycles. The highest BCUT2D eigenvalue weighted by atomic mass is 32.1. The third kappa shape index (κ3) is 4.53. The van der Waals surface area contributed by atoms with E-state index < -0.39 is 0 Å². The number of benzene rings is 1. The SMILES string of the molecule is COc1ccc(/C=C/C(=O)Nc2nnc(C(C)C)s2)cc1OC. The molecule has 122 valence electrons. The summed E-state index contributed by atoms with van der Waals surface area (Å²) in [5, 5.41) is 12.1. The molecule has 0 aliphatic rings. The zero-order chi connectivity index (χ0) is 16.8. The van der Waals surface area contributed by atoms with Crippen molar-refractivity contribution in [3.8, 4) is 11.5 Å². The van der Waals surface area contributed by atoms with Gasteiger partial charge in [0.25, 0.3) is 0 Å². The zero-order valence-corrected chi connectivity index (χ0v) is 14.3. The van der Waals surface area contributed by atoms with Gasteiger partial charge in [0.1, 0.15) is 5.01 Å². The number of carbonyl (C=O) groups excluding carboxylic acids is 1. The van der Waals surface area contributed by atoms with Crippen molar-refractivity contribution in [2.24, 2.45) is 0 Å². The lowest BCUT2D eigenvalue weighted by atomic mass is 10.2. The van der Waals surface area contributed by atoms with Crippen LogP contribution in [0.1, 0.15) is 30.3 Å². The molecule has 0 radical (unpaired) electrons. The van der Waals surface area contributed by atoms with Crippen molar-refractivity contribution >= 4 is 28.5 Å². The van der Waals surface area contributed by atoms with Gasteiger partial charge in [-0.05, 0) is 23.8 Å². The first-order valence-corrected chi connectivity index (χ1v) is 7.89. The number of hydrogen-bond acceptors (Lipinski definition) is 6. The number of ether oxygens (including phenoxy) is 2. The first-order valence-electron chi connectivity index (χ1n) is 7.08. The molecule has 1 amide bonds. The van der Waals surface area contributed by atoms with Crippen molar-refractivity contribution in [1.29, 1.82) is 0 Å². The highest BCUT2D eigenvalue weighted by molar-refractivity contribution is 7.15. The molecule has 0 aliphatic heterocycles. The molecule has 2 rings (SSSR count). The van der Waals surface area contributed by atoms with Crippen LogP contribution in [0.15, 0.2) is 24.3 Å². The Morgan fingerprint density at radius 2 is 1.96 bits per heavy atom. The standard InChI is InChI=1S/C16H19N3O3S/c1-10(2)15-18-19-16(23-15)17-14(20)8-6-11-5-7-12(21-3)13(9-11)22-4/h5-10H,1-4H3,(H,17,19,20)/b8-6+. The van der Waals surface area contributed by atoms with E-state index in [2.05, 4.69) is 15.5 Å². The van der Waals surface area contributed by atoms with Crippen LogP contribution >= 0.6 is 11.3 Å². The van der Waals surface area contributed by atoms with Gasteiger partial charge in [-0.3, -0.25) is 10.1 Å². The summed E-state index contributed by atoms with van der Waals surface area (Å²) in [7, 11) is 3.15.